The van der Waals surface area contributed by atoms with Gasteiger partial charge in [0.05, 0.1) is 12.6 Å². The maximum absolute atomic E-state index is 11.8. The first-order valence-corrected chi connectivity index (χ1v) is 7.10. The predicted molar refractivity (Wildman–Crippen MR) is 63.6 cm³/mol. The number of carbonyl (C=O) groups is 1. The predicted octanol–water partition coefficient (Wildman–Crippen LogP) is -0.717. The average Bonchev–Trinajstić information content (AvgIpc) is 2.46. The molecule has 0 aromatic carbocycles. The number of amides is 1. The summed E-state index contributed by atoms with van der Waals surface area (Å²) in [7, 11) is -3.70. The summed E-state index contributed by atoms with van der Waals surface area (Å²) in [5.74, 6) is -0.266. The molecule has 1 amide bonds. The summed E-state index contributed by atoms with van der Waals surface area (Å²) in [4.78, 5) is 13.2. The van der Waals surface area contributed by atoms with Gasteiger partial charge in [0.2, 0.25) is 15.9 Å². The standard InChI is InChI=1S/C10H20N2O4S/c1-10(2,3)8(6-13)12-5-7(4-9(12)14)17(11,15)16/h7-8,13H,4-6H2,1-3H3,(H2,11,15,16)/t7?,8-/m1/s1. The summed E-state index contributed by atoms with van der Waals surface area (Å²) >= 11 is 0. The zero-order chi connectivity index (χ0) is 13.4. The zero-order valence-electron chi connectivity index (χ0n) is 10.4. The van der Waals surface area contributed by atoms with Crippen molar-refractivity contribution in [2.24, 2.45) is 10.6 Å². The van der Waals surface area contributed by atoms with Gasteiger partial charge in [-0.05, 0) is 5.41 Å². The van der Waals surface area contributed by atoms with Gasteiger partial charge in [0, 0.05) is 13.0 Å². The van der Waals surface area contributed by atoms with Gasteiger partial charge >= 0.3 is 0 Å². The molecule has 1 aliphatic rings. The van der Waals surface area contributed by atoms with Gasteiger partial charge < -0.3 is 10.0 Å². The van der Waals surface area contributed by atoms with Crippen molar-refractivity contribution in [1.82, 2.24) is 4.90 Å². The lowest BCUT2D eigenvalue weighted by Crippen LogP contribution is -2.48. The molecular weight excluding hydrogens is 244 g/mol. The Bertz CT molecular complexity index is 399. The molecule has 1 fully saturated rings. The summed E-state index contributed by atoms with van der Waals surface area (Å²) in [6.07, 6.45) is -0.0919. The zero-order valence-corrected chi connectivity index (χ0v) is 11.2. The summed E-state index contributed by atoms with van der Waals surface area (Å²) in [5.41, 5.74) is -0.308. The fraction of sp³-hybridized carbons (Fsp3) is 0.900. The number of nitrogens with zero attached hydrogens (tertiary/aromatic N) is 1. The van der Waals surface area contributed by atoms with Gasteiger partial charge in [0.1, 0.15) is 5.25 Å². The van der Waals surface area contributed by atoms with Crippen molar-refractivity contribution < 1.29 is 18.3 Å². The van der Waals surface area contributed by atoms with E-state index in [4.69, 9.17) is 5.14 Å². The number of carbonyl (C=O) groups excluding carboxylic acids is 1. The molecule has 17 heavy (non-hydrogen) atoms. The monoisotopic (exact) mass is 264 g/mol. The third-order valence-corrected chi connectivity index (χ3v) is 4.38. The van der Waals surface area contributed by atoms with Crippen LogP contribution >= 0.6 is 0 Å². The number of sulfonamides is 1. The molecule has 0 bridgehead atoms. The van der Waals surface area contributed by atoms with Crippen molar-refractivity contribution in [1.29, 1.82) is 0 Å². The molecule has 100 valence electrons. The van der Waals surface area contributed by atoms with Crippen molar-refractivity contribution in [2.45, 2.75) is 38.5 Å². The highest BCUT2D eigenvalue weighted by atomic mass is 32.2. The van der Waals surface area contributed by atoms with Crippen LogP contribution in [0.2, 0.25) is 0 Å². The highest BCUT2D eigenvalue weighted by Crippen LogP contribution is 2.29. The number of rotatable bonds is 3. The molecule has 0 aliphatic carbocycles. The van der Waals surface area contributed by atoms with Crippen LogP contribution in [0.15, 0.2) is 0 Å². The normalized spacial score (nSPS) is 24.2. The van der Waals surface area contributed by atoms with E-state index in [1.54, 1.807) is 0 Å². The summed E-state index contributed by atoms with van der Waals surface area (Å²) in [6, 6.07) is -0.387. The van der Waals surface area contributed by atoms with Gasteiger partial charge in [-0.3, -0.25) is 4.79 Å². The number of nitrogens with two attached hydrogens (primary N) is 1. The van der Waals surface area contributed by atoms with Crippen LogP contribution in [0.25, 0.3) is 0 Å². The van der Waals surface area contributed by atoms with Crippen LogP contribution < -0.4 is 5.14 Å². The number of likely N-dealkylation sites (tertiary alicyclic amines) is 1. The molecule has 0 aromatic rings. The van der Waals surface area contributed by atoms with Crippen LogP contribution in [0.4, 0.5) is 0 Å². The first-order chi connectivity index (χ1) is 7.57. The SMILES string of the molecule is CC(C)(C)[C@@H](CO)N1CC(S(N)(=O)=O)CC1=O. The minimum Gasteiger partial charge on any atom is -0.394 e. The Kier molecular flexibility index (Phi) is 3.85. The van der Waals surface area contributed by atoms with E-state index in [0.717, 1.165) is 0 Å². The van der Waals surface area contributed by atoms with Gasteiger partial charge in [0.25, 0.3) is 0 Å². The Labute approximate surface area is 102 Å². The maximum atomic E-state index is 11.8. The van der Waals surface area contributed by atoms with Crippen molar-refractivity contribution >= 4 is 15.9 Å². The van der Waals surface area contributed by atoms with Gasteiger partial charge in [-0.25, -0.2) is 13.6 Å². The van der Waals surface area contributed by atoms with Crippen LogP contribution in [0.3, 0.4) is 0 Å². The Morgan fingerprint density at radius 2 is 2.06 bits per heavy atom. The third kappa shape index (κ3) is 3.17. The highest BCUT2D eigenvalue weighted by Gasteiger charge is 2.42. The molecule has 6 nitrogen and oxygen atoms in total. The first kappa shape index (κ1) is 14.4. The number of aliphatic hydroxyl groups excluding tert-OH is 1. The van der Waals surface area contributed by atoms with Crippen molar-refractivity contribution in [3.05, 3.63) is 0 Å². The molecule has 7 heteroatoms. The van der Waals surface area contributed by atoms with E-state index in [1.807, 2.05) is 20.8 Å². The quantitative estimate of drug-likeness (QED) is 0.702. The fourth-order valence-electron chi connectivity index (χ4n) is 2.06. The molecule has 0 aromatic heterocycles. The molecule has 1 aliphatic heterocycles. The summed E-state index contributed by atoms with van der Waals surface area (Å²) in [5, 5.41) is 13.5. The lowest BCUT2D eigenvalue weighted by Gasteiger charge is -2.36. The minimum atomic E-state index is -3.70. The van der Waals surface area contributed by atoms with E-state index in [1.165, 1.54) is 4.90 Å². The molecule has 3 N–H and O–H groups in total. The van der Waals surface area contributed by atoms with Crippen LogP contribution in [0, 0.1) is 5.41 Å². The fourth-order valence-corrected chi connectivity index (χ4v) is 2.80. The van der Waals surface area contributed by atoms with Crippen molar-refractivity contribution in [3.8, 4) is 0 Å². The van der Waals surface area contributed by atoms with E-state index in [-0.39, 0.29) is 36.9 Å². The van der Waals surface area contributed by atoms with E-state index < -0.39 is 15.3 Å². The second kappa shape index (κ2) is 4.55. The number of hydrogen-bond acceptors (Lipinski definition) is 4. The molecule has 0 spiro atoms. The van der Waals surface area contributed by atoms with Gasteiger partial charge in [-0.1, -0.05) is 20.8 Å². The molecule has 0 radical (unpaired) electrons. The van der Waals surface area contributed by atoms with Gasteiger partial charge in [0.15, 0.2) is 0 Å². The summed E-state index contributed by atoms with van der Waals surface area (Å²) < 4.78 is 22.4. The van der Waals surface area contributed by atoms with Crippen LogP contribution in [0.1, 0.15) is 27.2 Å². The summed E-state index contributed by atoms with van der Waals surface area (Å²) in [6.45, 7) is 5.56. The largest absolute Gasteiger partial charge is 0.394 e. The number of primary sulfonamides is 1. The van der Waals surface area contributed by atoms with Gasteiger partial charge in [-0.2, -0.15) is 0 Å². The Hall–Kier alpha value is -0.660. The first-order valence-electron chi connectivity index (χ1n) is 5.49. The van der Waals surface area contributed by atoms with E-state index in [2.05, 4.69) is 0 Å². The second-order valence-corrected chi connectivity index (χ2v) is 7.37. The van der Waals surface area contributed by atoms with Crippen LogP contribution in [-0.2, 0) is 14.8 Å². The van der Waals surface area contributed by atoms with Crippen molar-refractivity contribution in [3.63, 3.8) is 0 Å². The van der Waals surface area contributed by atoms with Crippen molar-refractivity contribution in [2.75, 3.05) is 13.2 Å². The average molecular weight is 264 g/mol. The molecule has 1 rings (SSSR count). The molecule has 1 saturated heterocycles. The lowest BCUT2D eigenvalue weighted by molar-refractivity contribution is -0.132. The molecule has 1 unspecified atom stereocenters. The smallest absolute Gasteiger partial charge is 0.224 e. The highest BCUT2D eigenvalue weighted by molar-refractivity contribution is 7.89. The van der Waals surface area contributed by atoms with Crippen LogP contribution in [0.5, 0.6) is 0 Å². The van der Waals surface area contributed by atoms with E-state index in [0.29, 0.717) is 0 Å². The van der Waals surface area contributed by atoms with E-state index >= 15 is 0 Å². The molecular formula is C10H20N2O4S. The Balaban J connectivity index is 2.91. The number of hydrogen-bond donors (Lipinski definition) is 2. The molecule has 1 heterocycles. The topological polar surface area (TPSA) is 101 Å². The third-order valence-electron chi connectivity index (χ3n) is 3.14. The Morgan fingerprint density at radius 1 is 1.53 bits per heavy atom. The maximum Gasteiger partial charge on any atom is 0.224 e. The molecule has 0 saturated carbocycles. The second-order valence-electron chi connectivity index (χ2n) is 5.53. The van der Waals surface area contributed by atoms with Crippen LogP contribution in [-0.4, -0.2) is 48.8 Å². The van der Waals surface area contributed by atoms with Gasteiger partial charge in [-0.15, -0.1) is 0 Å². The Morgan fingerprint density at radius 3 is 2.35 bits per heavy atom. The lowest BCUT2D eigenvalue weighted by atomic mass is 9.86. The molecule has 2 atom stereocenters. The number of aliphatic hydroxyl groups is 1. The van der Waals surface area contributed by atoms with E-state index in [9.17, 15) is 18.3 Å². The minimum absolute atomic E-state index is 0.0696.